The van der Waals surface area contributed by atoms with E-state index in [1.54, 1.807) is 42.6 Å². The molecule has 29 heavy (non-hydrogen) atoms. The standard InChI is InChI=1S/C23H19N3O3/c1-14-9-15(2)11-17(10-14)25-23-19(22(28)26-21-5-3-4-8-24-21)12-16-6-7-18(27)13-20(16)29-23/h3-13,27H,1-2H3,(H,24,26,28). The van der Waals surface area contributed by atoms with Gasteiger partial charge >= 0.3 is 0 Å². The molecule has 0 saturated carbocycles. The minimum atomic E-state index is -0.384. The number of aryl methyl sites for hydroxylation is 2. The van der Waals surface area contributed by atoms with Crippen molar-refractivity contribution in [3.05, 3.63) is 89.1 Å². The van der Waals surface area contributed by atoms with Crippen molar-refractivity contribution >= 4 is 28.4 Å². The first-order valence-corrected chi connectivity index (χ1v) is 9.10. The number of amides is 1. The number of fused-ring (bicyclic) bond motifs is 1. The molecule has 0 aliphatic heterocycles. The smallest absolute Gasteiger partial charge is 0.262 e. The highest BCUT2D eigenvalue weighted by atomic mass is 16.3. The average molecular weight is 385 g/mol. The van der Waals surface area contributed by atoms with Crippen molar-refractivity contribution in [2.24, 2.45) is 4.99 Å². The second-order valence-corrected chi connectivity index (χ2v) is 6.81. The minimum absolute atomic E-state index is 0.0734. The number of carbonyl (C=O) groups excluding carboxylic acids is 1. The fraction of sp³-hybridized carbons (Fsp3) is 0.0870. The van der Waals surface area contributed by atoms with Crippen LogP contribution in [0.3, 0.4) is 0 Å². The van der Waals surface area contributed by atoms with Gasteiger partial charge in [-0.05, 0) is 67.4 Å². The second-order valence-electron chi connectivity index (χ2n) is 6.81. The third kappa shape index (κ3) is 4.16. The summed E-state index contributed by atoms with van der Waals surface area (Å²) in [6.07, 6.45) is 1.60. The van der Waals surface area contributed by atoms with Gasteiger partial charge in [-0.1, -0.05) is 12.1 Å². The molecule has 144 valence electrons. The number of hydrogen-bond donors (Lipinski definition) is 2. The maximum Gasteiger partial charge on any atom is 0.262 e. The van der Waals surface area contributed by atoms with Crippen molar-refractivity contribution in [2.45, 2.75) is 13.8 Å². The van der Waals surface area contributed by atoms with Crippen molar-refractivity contribution in [1.29, 1.82) is 0 Å². The molecular formula is C23H19N3O3. The summed E-state index contributed by atoms with van der Waals surface area (Å²) in [6.45, 7) is 3.96. The lowest BCUT2D eigenvalue weighted by Crippen LogP contribution is -2.22. The van der Waals surface area contributed by atoms with Crippen LogP contribution >= 0.6 is 0 Å². The highest BCUT2D eigenvalue weighted by molar-refractivity contribution is 6.05. The normalized spacial score (nSPS) is 11.6. The first-order valence-electron chi connectivity index (χ1n) is 9.10. The summed E-state index contributed by atoms with van der Waals surface area (Å²) >= 11 is 0. The molecule has 0 spiro atoms. The molecule has 6 nitrogen and oxygen atoms in total. The van der Waals surface area contributed by atoms with Gasteiger partial charge in [-0.3, -0.25) is 4.79 Å². The maximum absolute atomic E-state index is 12.9. The molecule has 0 aliphatic rings. The topological polar surface area (TPSA) is 87.7 Å². The quantitative estimate of drug-likeness (QED) is 0.538. The Balaban J connectivity index is 1.89. The number of phenolic OH excluding ortho intramolecular Hbond substituents is 1. The van der Waals surface area contributed by atoms with Gasteiger partial charge in [0.1, 0.15) is 22.7 Å². The molecule has 2 aromatic carbocycles. The summed E-state index contributed by atoms with van der Waals surface area (Å²) in [5.41, 5.74) is 3.65. The van der Waals surface area contributed by atoms with Gasteiger partial charge in [0.15, 0.2) is 0 Å². The number of pyridine rings is 1. The Morgan fingerprint density at radius 1 is 1.03 bits per heavy atom. The molecule has 0 atom stereocenters. The third-order valence-electron chi connectivity index (χ3n) is 4.32. The van der Waals surface area contributed by atoms with Crippen LogP contribution in [-0.2, 0) is 0 Å². The van der Waals surface area contributed by atoms with E-state index < -0.39 is 0 Å². The number of rotatable bonds is 3. The number of carbonyl (C=O) groups is 1. The number of hydrogen-bond acceptors (Lipinski definition) is 5. The zero-order valence-corrected chi connectivity index (χ0v) is 16.0. The van der Waals surface area contributed by atoms with E-state index in [1.807, 2.05) is 32.0 Å². The molecule has 4 aromatic rings. The van der Waals surface area contributed by atoms with Crippen LogP contribution in [0, 0.1) is 13.8 Å². The fourth-order valence-corrected chi connectivity index (χ4v) is 3.11. The predicted octanol–water partition coefficient (Wildman–Crippen LogP) is 4.63. The Bertz CT molecular complexity index is 1260. The van der Waals surface area contributed by atoms with E-state index in [-0.39, 0.29) is 22.8 Å². The summed E-state index contributed by atoms with van der Waals surface area (Å²) in [5.74, 6) is 0.121. The molecule has 0 bridgehead atoms. The van der Waals surface area contributed by atoms with E-state index in [2.05, 4.69) is 15.3 Å². The van der Waals surface area contributed by atoms with Crippen LogP contribution in [0.5, 0.6) is 5.75 Å². The van der Waals surface area contributed by atoms with Gasteiger partial charge in [0.25, 0.3) is 5.91 Å². The fourth-order valence-electron chi connectivity index (χ4n) is 3.11. The maximum atomic E-state index is 12.9. The first-order chi connectivity index (χ1) is 14.0. The molecule has 0 unspecified atom stereocenters. The molecule has 2 N–H and O–H groups in total. The lowest BCUT2D eigenvalue weighted by atomic mass is 10.1. The van der Waals surface area contributed by atoms with E-state index >= 15 is 0 Å². The molecule has 2 aromatic heterocycles. The Kier molecular flexibility index (Phi) is 4.83. The molecule has 1 amide bonds. The van der Waals surface area contributed by atoms with Crippen LogP contribution in [0.4, 0.5) is 11.5 Å². The van der Waals surface area contributed by atoms with Crippen molar-refractivity contribution in [2.75, 3.05) is 5.32 Å². The third-order valence-corrected chi connectivity index (χ3v) is 4.32. The number of anilines is 1. The van der Waals surface area contributed by atoms with E-state index in [0.29, 0.717) is 22.5 Å². The number of nitrogens with one attached hydrogen (secondary N) is 1. The summed E-state index contributed by atoms with van der Waals surface area (Å²) in [5, 5.41) is 13.2. The highest BCUT2D eigenvalue weighted by Crippen LogP contribution is 2.21. The minimum Gasteiger partial charge on any atom is -0.508 e. The van der Waals surface area contributed by atoms with Crippen molar-refractivity contribution < 1.29 is 14.3 Å². The van der Waals surface area contributed by atoms with Crippen LogP contribution in [0.25, 0.3) is 11.0 Å². The molecule has 0 aliphatic carbocycles. The average Bonchev–Trinajstić information content (AvgIpc) is 2.67. The summed E-state index contributed by atoms with van der Waals surface area (Å²) < 4.78 is 5.91. The molecule has 0 saturated heterocycles. The lowest BCUT2D eigenvalue weighted by molar-refractivity contribution is 0.102. The van der Waals surface area contributed by atoms with Gasteiger partial charge in [-0.2, -0.15) is 0 Å². The molecule has 2 heterocycles. The van der Waals surface area contributed by atoms with E-state index in [9.17, 15) is 9.90 Å². The monoisotopic (exact) mass is 385 g/mol. The second kappa shape index (κ2) is 7.59. The summed E-state index contributed by atoms with van der Waals surface area (Å²) in [4.78, 5) is 21.7. The number of aromatic nitrogens is 1. The Morgan fingerprint density at radius 3 is 2.55 bits per heavy atom. The van der Waals surface area contributed by atoms with Gasteiger partial charge in [0.2, 0.25) is 5.55 Å². The van der Waals surface area contributed by atoms with Gasteiger partial charge < -0.3 is 14.8 Å². The lowest BCUT2D eigenvalue weighted by Gasteiger charge is -2.07. The zero-order valence-electron chi connectivity index (χ0n) is 16.0. The number of nitrogens with zero attached hydrogens (tertiary/aromatic N) is 2. The summed E-state index contributed by atoms with van der Waals surface area (Å²) in [7, 11) is 0. The first kappa shape index (κ1) is 18.4. The Hall–Kier alpha value is -3.93. The zero-order chi connectivity index (χ0) is 20.4. The number of benzene rings is 2. The van der Waals surface area contributed by atoms with Crippen LogP contribution < -0.4 is 10.9 Å². The largest absolute Gasteiger partial charge is 0.508 e. The SMILES string of the molecule is Cc1cc(C)cc(N=c2oc3cc(O)ccc3cc2C(=O)Nc2ccccn2)c1. The molecule has 0 radical (unpaired) electrons. The van der Waals surface area contributed by atoms with Crippen LogP contribution in [0.1, 0.15) is 21.5 Å². The van der Waals surface area contributed by atoms with E-state index in [0.717, 1.165) is 11.1 Å². The van der Waals surface area contributed by atoms with Crippen molar-refractivity contribution in [3.63, 3.8) is 0 Å². The summed E-state index contributed by atoms with van der Waals surface area (Å²) in [6, 6.07) is 17.5. The van der Waals surface area contributed by atoms with Crippen LogP contribution in [0.2, 0.25) is 0 Å². The predicted molar refractivity (Wildman–Crippen MR) is 111 cm³/mol. The van der Waals surface area contributed by atoms with Crippen LogP contribution in [0.15, 0.2) is 76.3 Å². The molecule has 6 heteroatoms. The molecular weight excluding hydrogens is 366 g/mol. The van der Waals surface area contributed by atoms with E-state index in [1.165, 1.54) is 6.07 Å². The van der Waals surface area contributed by atoms with Crippen molar-refractivity contribution in [1.82, 2.24) is 4.98 Å². The van der Waals surface area contributed by atoms with Gasteiger partial charge in [-0.25, -0.2) is 9.98 Å². The van der Waals surface area contributed by atoms with Crippen LogP contribution in [-0.4, -0.2) is 16.0 Å². The number of phenols is 1. The highest BCUT2D eigenvalue weighted by Gasteiger charge is 2.14. The Labute approximate surface area is 167 Å². The van der Waals surface area contributed by atoms with Gasteiger partial charge in [0, 0.05) is 17.6 Å². The van der Waals surface area contributed by atoms with Gasteiger partial charge in [0.05, 0.1) is 5.69 Å². The molecule has 4 rings (SSSR count). The van der Waals surface area contributed by atoms with Crippen molar-refractivity contribution in [3.8, 4) is 5.75 Å². The van der Waals surface area contributed by atoms with E-state index in [4.69, 9.17) is 4.42 Å². The Morgan fingerprint density at radius 2 is 1.83 bits per heavy atom. The molecule has 0 fully saturated rings. The van der Waals surface area contributed by atoms with Gasteiger partial charge in [-0.15, -0.1) is 0 Å². The number of aromatic hydroxyl groups is 1.